The van der Waals surface area contributed by atoms with Crippen molar-refractivity contribution in [2.45, 2.75) is 0 Å². The molecule has 10 aromatic carbocycles. The van der Waals surface area contributed by atoms with E-state index in [2.05, 4.69) is 263 Å². The van der Waals surface area contributed by atoms with E-state index in [1.807, 2.05) is 0 Å². The van der Waals surface area contributed by atoms with Crippen LogP contribution in [-0.4, -0.2) is 9.13 Å². The zero-order valence-corrected chi connectivity index (χ0v) is 34.5. The Morgan fingerprint density at radius 2 is 0.714 bits per heavy atom. The van der Waals surface area contributed by atoms with Crippen molar-refractivity contribution >= 4 is 60.7 Å². The quantitative estimate of drug-likeness (QED) is 0.149. The third-order valence-corrected chi connectivity index (χ3v) is 12.4. The normalized spacial score (nSPS) is 11.5. The Balaban J connectivity index is 1.11. The molecule has 63 heavy (non-hydrogen) atoms. The van der Waals surface area contributed by atoms with E-state index in [4.69, 9.17) is 0 Å². The van der Waals surface area contributed by atoms with Gasteiger partial charge in [-0.15, -0.1) is 0 Å². The van der Waals surface area contributed by atoms with Gasteiger partial charge in [-0.05, 0) is 131 Å². The minimum Gasteiger partial charge on any atom is -0.310 e. The van der Waals surface area contributed by atoms with Crippen molar-refractivity contribution < 1.29 is 0 Å². The molecule has 0 fully saturated rings. The molecule has 0 bridgehead atoms. The number of para-hydroxylation sites is 7. The lowest BCUT2D eigenvalue weighted by Crippen LogP contribution is -2.09. The fourth-order valence-electron chi connectivity index (χ4n) is 9.65. The first-order valence-corrected chi connectivity index (χ1v) is 21.6. The minimum absolute atomic E-state index is 1.10. The lowest BCUT2D eigenvalue weighted by Gasteiger charge is -2.26. The van der Waals surface area contributed by atoms with Gasteiger partial charge in [0.1, 0.15) is 0 Å². The second kappa shape index (κ2) is 15.3. The molecule has 0 atom stereocenters. The molecule has 0 radical (unpaired) electrons. The lowest BCUT2D eigenvalue weighted by molar-refractivity contribution is 1.18. The van der Waals surface area contributed by atoms with Crippen LogP contribution < -0.4 is 4.90 Å². The maximum atomic E-state index is 2.44. The maximum Gasteiger partial charge on any atom is 0.0619 e. The molecular formula is C60H41N3. The van der Waals surface area contributed by atoms with Crippen molar-refractivity contribution in [3.05, 3.63) is 249 Å². The standard InChI is InChI=1S/C60H41N3/c1-5-20-47(21-6-1)61(48-22-7-2-8-23-48)51-28-17-19-42(40-51)44-37-45(43-35-36-59-56(41-43)54-30-14-15-33-57(54)62(59)49-24-9-3-10-25-49)39-46(38-44)52-31-18-32-55-53-29-13-16-34-58(53)63(60(52)55)50-26-11-4-12-27-50/h1-41H. The number of anilines is 3. The van der Waals surface area contributed by atoms with Gasteiger partial charge in [-0.3, -0.25) is 0 Å². The van der Waals surface area contributed by atoms with Gasteiger partial charge in [0.2, 0.25) is 0 Å². The van der Waals surface area contributed by atoms with Crippen LogP contribution in [0.3, 0.4) is 0 Å². The van der Waals surface area contributed by atoms with E-state index in [0.29, 0.717) is 0 Å². The summed E-state index contributed by atoms with van der Waals surface area (Å²) in [7, 11) is 0. The molecule has 0 aliphatic carbocycles. The van der Waals surface area contributed by atoms with Crippen LogP contribution in [-0.2, 0) is 0 Å². The van der Waals surface area contributed by atoms with E-state index in [-0.39, 0.29) is 0 Å². The average molecular weight is 804 g/mol. The number of aromatic nitrogens is 2. The SMILES string of the molecule is c1ccc(N(c2ccccc2)c2cccc(-c3cc(-c4ccc5c(c4)c4ccccc4n5-c4ccccc4)cc(-c4cccc5c6ccccc6n(-c6ccccc6)c45)c3)c2)cc1. The van der Waals surface area contributed by atoms with Gasteiger partial charge in [0.25, 0.3) is 0 Å². The largest absolute Gasteiger partial charge is 0.310 e. The number of hydrogen-bond acceptors (Lipinski definition) is 1. The van der Waals surface area contributed by atoms with Gasteiger partial charge in [-0.2, -0.15) is 0 Å². The van der Waals surface area contributed by atoms with Crippen LogP contribution in [0.2, 0.25) is 0 Å². The summed E-state index contributed by atoms with van der Waals surface area (Å²) in [5.74, 6) is 0. The highest BCUT2D eigenvalue weighted by Crippen LogP contribution is 2.43. The molecule has 0 aliphatic heterocycles. The molecule has 2 aromatic heterocycles. The van der Waals surface area contributed by atoms with E-state index in [1.54, 1.807) is 0 Å². The van der Waals surface area contributed by atoms with Crippen molar-refractivity contribution in [2.75, 3.05) is 4.90 Å². The number of fused-ring (bicyclic) bond motifs is 6. The number of hydrogen-bond donors (Lipinski definition) is 0. The summed E-state index contributed by atoms with van der Waals surface area (Å²) < 4.78 is 4.82. The van der Waals surface area contributed by atoms with E-state index < -0.39 is 0 Å². The summed E-state index contributed by atoms with van der Waals surface area (Å²) in [5.41, 5.74) is 17.4. The second-order valence-electron chi connectivity index (χ2n) is 16.2. The Morgan fingerprint density at radius 1 is 0.254 bits per heavy atom. The van der Waals surface area contributed by atoms with Crippen LogP contribution in [0, 0.1) is 0 Å². The molecule has 0 unspecified atom stereocenters. The third kappa shape index (κ3) is 6.29. The van der Waals surface area contributed by atoms with Gasteiger partial charge in [0.15, 0.2) is 0 Å². The first-order valence-electron chi connectivity index (χ1n) is 21.6. The Labute approximate surface area is 366 Å². The highest BCUT2D eigenvalue weighted by molar-refractivity contribution is 6.14. The fourth-order valence-corrected chi connectivity index (χ4v) is 9.65. The fraction of sp³-hybridized carbons (Fsp3) is 0. The predicted octanol–water partition coefficient (Wildman–Crippen LogP) is 16.4. The van der Waals surface area contributed by atoms with Crippen molar-refractivity contribution in [1.82, 2.24) is 9.13 Å². The molecule has 0 spiro atoms. The van der Waals surface area contributed by atoms with E-state index in [0.717, 1.165) is 50.7 Å². The molecule has 296 valence electrons. The first-order chi connectivity index (χ1) is 31.3. The van der Waals surface area contributed by atoms with Crippen LogP contribution in [0.5, 0.6) is 0 Å². The van der Waals surface area contributed by atoms with Crippen molar-refractivity contribution in [1.29, 1.82) is 0 Å². The summed E-state index contributed by atoms with van der Waals surface area (Å²) in [4.78, 5) is 2.34. The summed E-state index contributed by atoms with van der Waals surface area (Å²) >= 11 is 0. The zero-order valence-electron chi connectivity index (χ0n) is 34.5. The Morgan fingerprint density at radius 3 is 1.37 bits per heavy atom. The molecule has 0 saturated carbocycles. The Bertz CT molecular complexity index is 3570. The molecule has 12 rings (SSSR count). The molecule has 0 N–H and O–H groups in total. The number of nitrogens with zero attached hydrogens (tertiary/aromatic N) is 3. The third-order valence-electron chi connectivity index (χ3n) is 12.4. The van der Waals surface area contributed by atoms with Crippen molar-refractivity contribution in [3.8, 4) is 44.8 Å². The number of benzene rings is 10. The summed E-state index contributed by atoms with van der Waals surface area (Å²) in [6, 6.07) is 90.2. The average Bonchev–Trinajstić information content (AvgIpc) is 3.88. The molecule has 3 nitrogen and oxygen atoms in total. The highest BCUT2D eigenvalue weighted by atomic mass is 15.1. The van der Waals surface area contributed by atoms with E-state index in [9.17, 15) is 0 Å². The minimum atomic E-state index is 1.10. The molecule has 3 heteroatoms. The highest BCUT2D eigenvalue weighted by Gasteiger charge is 2.20. The van der Waals surface area contributed by atoms with Gasteiger partial charge < -0.3 is 14.0 Å². The summed E-state index contributed by atoms with van der Waals surface area (Å²) in [6.45, 7) is 0. The second-order valence-corrected chi connectivity index (χ2v) is 16.2. The van der Waals surface area contributed by atoms with Crippen LogP contribution in [0.25, 0.3) is 88.4 Å². The van der Waals surface area contributed by atoms with Gasteiger partial charge in [-0.1, -0.05) is 146 Å². The molecule has 12 aromatic rings. The van der Waals surface area contributed by atoms with Crippen LogP contribution >= 0.6 is 0 Å². The predicted molar refractivity (Wildman–Crippen MR) is 266 cm³/mol. The van der Waals surface area contributed by atoms with Crippen molar-refractivity contribution in [3.63, 3.8) is 0 Å². The van der Waals surface area contributed by atoms with E-state index in [1.165, 1.54) is 54.7 Å². The van der Waals surface area contributed by atoms with Gasteiger partial charge >= 0.3 is 0 Å². The van der Waals surface area contributed by atoms with E-state index >= 15 is 0 Å². The van der Waals surface area contributed by atoms with Crippen LogP contribution in [0.4, 0.5) is 17.1 Å². The molecule has 2 heterocycles. The molecule has 0 aliphatic rings. The van der Waals surface area contributed by atoms with Gasteiger partial charge in [0, 0.05) is 55.5 Å². The molecule has 0 amide bonds. The van der Waals surface area contributed by atoms with Crippen LogP contribution in [0.1, 0.15) is 0 Å². The van der Waals surface area contributed by atoms with Gasteiger partial charge in [0.05, 0.1) is 22.1 Å². The smallest absolute Gasteiger partial charge is 0.0619 e. The Hall–Kier alpha value is -8.40. The first kappa shape index (κ1) is 36.5. The maximum absolute atomic E-state index is 2.44. The van der Waals surface area contributed by atoms with Gasteiger partial charge in [-0.25, -0.2) is 0 Å². The Kier molecular flexibility index (Phi) is 8.83. The van der Waals surface area contributed by atoms with Crippen LogP contribution in [0.15, 0.2) is 249 Å². The summed E-state index contributed by atoms with van der Waals surface area (Å²) in [5, 5.41) is 4.94. The summed E-state index contributed by atoms with van der Waals surface area (Å²) in [6.07, 6.45) is 0. The lowest BCUT2D eigenvalue weighted by atomic mass is 9.91. The molecular weight excluding hydrogens is 763 g/mol. The van der Waals surface area contributed by atoms with Crippen molar-refractivity contribution in [2.24, 2.45) is 0 Å². The zero-order chi connectivity index (χ0) is 41.7. The number of rotatable bonds is 8. The topological polar surface area (TPSA) is 13.1 Å². The molecule has 0 saturated heterocycles. The monoisotopic (exact) mass is 803 g/mol.